The molecule has 0 spiro atoms. The van der Waals surface area contributed by atoms with E-state index in [1.807, 2.05) is 7.05 Å². The number of nitrogens with two attached hydrogens (primary N) is 2. The Kier molecular flexibility index (Phi) is 55.5. The van der Waals surface area contributed by atoms with E-state index in [9.17, 15) is 0 Å². The van der Waals surface area contributed by atoms with Gasteiger partial charge in [0.1, 0.15) is 0 Å². The molecule has 7 N–H and O–H groups in total. The lowest BCUT2D eigenvalue weighted by molar-refractivity contribution is 0.247. The van der Waals surface area contributed by atoms with Crippen LogP contribution in [0.2, 0.25) is 0 Å². The maximum Gasteiger partial charge on any atom is 0.0553 e. The molecule has 156 valence electrons. The fourth-order valence-electron chi connectivity index (χ4n) is 1.13. The molecule has 0 radical (unpaired) electrons. The Labute approximate surface area is 154 Å². The highest BCUT2D eigenvalue weighted by Gasteiger charge is 2.02. The van der Waals surface area contributed by atoms with Gasteiger partial charge in [-0.2, -0.15) is 0 Å². The van der Waals surface area contributed by atoms with Crippen LogP contribution in [0.4, 0.5) is 0 Å². The van der Waals surface area contributed by atoms with Crippen molar-refractivity contribution < 1.29 is 5.11 Å². The number of rotatable bonds is 9. The summed E-state index contributed by atoms with van der Waals surface area (Å²) in [5, 5.41) is 13.9. The van der Waals surface area contributed by atoms with E-state index in [2.05, 4.69) is 34.5 Å². The zero-order chi connectivity index (χ0) is 15.6. The van der Waals surface area contributed by atoms with E-state index in [0.717, 1.165) is 39.3 Å². The van der Waals surface area contributed by atoms with Crippen LogP contribution in [0.25, 0.3) is 0 Å². The molecule has 7 heteroatoms. The zero-order valence-corrected chi connectivity index (χ0v) is 13.6. The summed E-state index contributed by atoms with van der Waals surface area (Å²) in [5.41, 5.74) is 10.3. The maximum atomic E-state index is 7.75. The van der Waals surface area contributed by atoms with Gasteiger partial charge in [-0.25, -0.2) is 0 Å². The van der Waals surface area contributed by atoms with Crippen LogP contribution in [0.1, 0.15) is 29.7 Å². The van der Waals surface area contributed by atoms with Gasteiger partial charge in [-0.05, 0) is 21.1 Å². The molecule has 0 saturated carbocycles. The standard InChI is InChI=1S/C9H24N4.C2H7NO.C2H5N.4CH4/c1-11-5-7-13(6-4-10)9-8-12(2)3;3-1-2-4;1-2-3-1;;;;/h11H,4-10H2,1-3H3;4H,1-3H2;3H,1-2H2;4*1H4. The Morgan fingerprint density at radius 1 is 0.917 bits per heavy atom. The molecule has 1 saturated heterocycles. The lowest BCUT2D eigenvalue weighted by atomic mass is 10.4. The van der Waals surface area contributed by atoms with Gasteiger partial charge in [0, 0.05) is 58.9 Å². The summed E-state index contributed by atoms with van der Waals surface area (Å²) in [6, 6.07) is 0. The third-order valence-corrected chi connectivity index (χ3v) is 2.37. The van der Waals surface area contributed by atoms with Gasteiger partial charge < -0.3 is 32.1 Å². The van der Waals surface area contributed by atoms with Gasteiger partial charge in [-0.1, -0.05) is 29.7 Å². The predicted molar refractivity (Wildman–Crippen MR) is 114 cm³/mol. The lowest BCUT2D eigenvalue weighted by Gasteiger charge is -2.23. The molecule has 24 heavy (non-hydrogen) atoms. The maximum absolute atomic E-state index is 7.75. The number of aliphatic hydroxyl groups excluding tert-OH is 1. The first kappa shape index (κ1) is 39.0. The van der Waals surface area contributed by atoms with E-state index >= 15 is 0 Å². The Bertz CT molecular complexity index is 166. The Hall–Kier alpha value is -0.280. The van der Waals surface area contributed by atoms with E-state index in [1.54, 1.807) is 0 Å². The fourth-order valence-corrected chi connectivity index (χ4v) is 1.13. The van der Waals surface area contributed by atoms with E-state index in [4.69, 9.17) is 16.6 Å². The topological polar surface area (TPSA) is 113 Å². The van der Waals surface area contributed by atoms with Gasteiger partial charge >= 0.3 is 0 Å². The zero-order valence-electron chi connectivity index (χ0n) is 13.6. The van der Waals surface area contributed by atoms with Crippen molar-refractivity contribution in [2.24, 2.45) is 11.5 Å². The van der Waals surface area contributed by atoms with Crippen LogP contribution in [0.3, 0.4) is 0 Å². The number of nitrogens with zero attached hydrogens (tertiary/aromatic N) is 2. The van der Waals surface area contributed by atoms with Crippen LogP contribution >= 0.6 is 0 Å². The number of hydrogen-bond acceptors (Lipinski definition) is 7. The first-order chi connectivity index (χ1) is 9.62. The van der Waals surface area contributed by atoms with Crippen LogP contribution in [-0.4, -0.2) is 102 Å². The van der Waals surface area contributed by atoms with Crippen molar-refractivity contribution in [2.45, 2.75) is 29.7 Å². The van der Waals surface area contributed by atoms with Crippen molar-refractivity contribution in [1.82, 2.24) is 20.4 Å². The van der Waals surface area contributed by atoms with E-state index in [1.165, 1.54) is 13.1 Å². The Morgan fingerprint density at radius 3 is 1.62 bits per heavy atom. The molecule has 0 unspecified atom stereocenters. The van der Waals surface area contributed by atoms with Crippen LogP contribution in [0.15, 0.2) is 0 Å². The van der Waals surface area contributed by atoms with Gasteiger partial charge in [0.15, 0.2) is 0 Å². The summed E-state index contributed by atoms with van der Waals surface area (Å²) in [4.78, 5) is 4.58. The first-order valence-corrected chi connectivity index (χ1v) is 7.35. The minimum atomic E-state index is 0. The van der Waals surface area contributed by atoms with Crippen molar-refractivity contribution >= 4 is 0 Å². The van der Waals surface area contributed by atoms with E-state index in [0.29, 0.717) is 6.54 Å². The van der Waals surface area contributed by atoms with Gasteiger partial charge in [0.05, 0.1) is 6.61 Å². The van der Waals surface area contributed by atoms with Gasteiger partial charge in [0.2, 0.25) is 0 Å². The van der Waals surface area contributed by atoms with E-state index < -0.39 is 0 Å². The summed E-state index contributed by atoms with van der Waals surface area (Å²) in [6.07, 6.45) is 0. The monoisotopic (exact) mass is 356 g/mol. The SMILES string of the molecule is C.C.C.C.C1CN1.CNCCN(CCN)CCN(C)C.NCCO. The molecule has 1 aliphatic rings. The summed E-state index contributed by atoms with van der Waals surface area (Å²) >= 11 is 0. The second-order valence-electron chi connectivity index (χ2n) is 4.80. The van der Waals surface area contributed by atoms with Crippen LogP contribution in [0, 0.1) is 0 Å². The Balaban J connectivity index is -0.0000000623. The highest BCUT2D eigenvalue weighted by molar-refractivity contribution is 4.61. The smallest absolute Gasteiger partial charge is 0.0553 e. The number of hydrogen-bond donors (Lipinski definition) is 5. The molecule has 0 amide bonds. The fraction of sp³-hybridized carbons (Fsp3) is 1.00. The molecule has 0 atom stereocenters. The molecule has 0 aromatic heterocycles. The summed E-state index contributed by atoms with van der Waals surface area (Å²) in [7, 11) is 6.17. The first-order valence-electron chi connectivity index (χ1n) is 7.35. The second kappa shape index (κ2) is 34.1. The molecule has 7 nitrogen and oxygen atoms in total. The quantitative estimate of drug-likeness (QED) is 0.372. The van der Waals surface area contributed by atoms with Crippen LogP contribution in [-0.2, 0) is 0 Å². The minimum Gasteiger partial charge on any atom is -0.395 e. The third kappa shape index (κ3) is 49.5. The van der Waals surface area contributed by atoms with Gasteiger partial charge in [-0.15, -0.1) is 0 Å². The second-order valence-corrected chi connectivity index (χ2v) is 4.80. The summed E-state index contributed by atoms with van der Waals surface area (Å²) in [5.74, 6) is 0. The van der Waals surface area contributed by atoms with Crippen LogP contribution < -0.4 is 22.1 Å². The molecule has 1 rings (SSSR count). The highest BCUT2D eigenvalue weighted by Crippen LogP contribution is 1.86. The normalized spacial score (nSPS) is 10.5. The lowest BCUT2D eigenvalue weighted by Crippen LogP contribution is -2.38. The summed E-state index contributed by atoms with van der Waals surface area (Å²) in [6.45, 7) is 9.04. The number of likely N-dealkylation sites (N-methyl/N-ethyl adjacent to an activating group) is 2. The van der Waals surface area contributed by atoms with E-state index in [-0.39, 0.29) is 36.3 Å². The largest absolute Gasteiger partial charge is 0.395 e. The van der Waals surface area contributed by atoms with Crippen molar-refractivity contribution in [3.63, 3.8) is 0 Å². The van der Waals surface area contributed by atoms with Crippen molar-refractivity contribution in [3.05, 3.63) is 0 Å². The molecule has 0 bridgehead atoms. The molecule has 0 aromatic rings. The average molecular weight is 357 g/mol. The Morgan fingerprint density at radius 2 is 1.38 bits per heavy atom. The average Bonchev–Trinajstić information content (AvgIpc) is 3.30. The summed E-state index contributed by atoms with van der Waals surface area (Å²) < 4.78 is 0. The van der Waals surface area contributed by atoms with Gasteiger partial charge in [0.25, 0.3) is 0 Å². The van der Waals surface area contributed by atoms with Crippen molar-refractivity contribution in [3.8, 4) is 0 Å². The minimum absolute atomic E-state index is 0. The molecule has 1 fully saturated rings. The molecule has 1 aliphatic heterocycles. The van der Waals surface area contributed by atoms with Crippen LogP contribution in [0.5, 0.6) is 0 Å². The van der Waals surface area contributed by atoms with Crippen molar-refractivity contribution in [1.29, 1.82) is 0 Å². The highest BCUT2D eigenvalue weighted by atomic mass is 16.3. The van der Waals surface area contributed by atoms with Gasteiger partial charge in [-0.3, -0.25) is 4.90 Å². The molecule has 1 heterocycles. The molecule has 0 aromatic carbocycles. The molecular weight excluding hydrogens is 304 g/mol. The number of nitrogens with one attached hydrogen (secondary N) is 2. The molecule has 0 aliphatic carbocycles. The third-order valence-electron chi connectivity index (χ3n) is 2.37. The predicted octanol–water partition coefficient (Wildman–Crippen LogP) is 0.0995. The molecular formula is C17H52N6O. The number of aliphatic hydroxyl groups is 1. The van der Waals surface area contributed by atoms with Crippen molar-refractivity contribution in [2.75, 3.05) is 86.7 Å².